The summed E-state index contributed by atoms with van der Waals surface area (Å²) in [5.74, 6) is -0.870. The van der Waals surface area contributed by atoms with Crippen LogP contribution in [0.15, 0.2) is 18.2 Å². The van der Waals surface area contributed by atoms with Crippen LogP contribution in [0.5, 0.6) is 0 Å². The van der Waals surface area contributed by atoms with Crippen molar-refractivity contribution in [3.05, 3.63) is 34.9 Å². The van der Waals surface area contributed by atoms with E-state index in [0.29, 0.717) is 5.56 Å². The van der Waals surface area contributed by atoms with E-state index in [1.807, 2.05) is 12.1 Å². The second-order valence-electron chi connectivity index (χ2n) is 9.71. The molecule has 0 atom stereocenters. The molecule has 1 aromatic rings. The summed E-state index contributed by atoms with van der Waals surface area (Å²) in [6, 6.07) is 5.98. The lowest BCUT2D eigenvalue weighted by molar-refractivity contribution is -0.126. The first-order chi connectivity index (χ1) is 13.7. The van der Waals surface area contributed by atoms with E-state index in [4.69, 9.17) is 0 Å². The van der Waals surface area contributed by atoms with Gasteiger partial charge in [0.25, 0.3) is 0 Å². The molecule has 0 bridgehead atoms. The van der Waals surface area contributed by atoms with Crippen molar-refractivity contribution in [2.75, 3.05) is 13.6 Å². The third-order valence-corrected chi connectivity index (χ3v) is 4.96. The molecule has 2 N–H and O–H groups in total. The maximum absolute atomic E-state index is 12.8. The van der Waals surface area contributed by atoms with Gasteiger partial charge in [-0.25, -0.2) is 0 Å². The van der Waals surface area contributed by atoms with Crippen molar-refractivity contribution in [3.63, 3.8) is 0 Å². The molecule has 166 valence electrons. The largest absolute Gasteiger partial charge is 0.359 e. The highest BCUT2D eigenvalue weighted by Gasteiger charge is 2.22. The molecule has 0 fully saturated rings. The van der Waals surface area contributed by atoms with Crippen LogP contribution in [0.1, 0.15) is 88.7 Å². The Hall–Kier alpha value is -2.50. The molecule has 0 aromatic heterocycles. The highest BCUT2D eigenvalue weighted by atomic mass is 16.2. The van der Waals surface area contributed by atoms with Crippen molar-refractivity contribution in [1.82, 2.24) is 10.6 Å². The standard InChI is InChI=1S/C24H36N2O4/c1-23(2,3)17-12-16(13-18(14-17)24(4,5)6)20(28)9-11-22(30)26-15-19(27)8-10-21(29)25-7/h12-14H,8-11,15H2,1-7H3,(H,25,29)(H,26,30). The number of carbonyl (C=O) groups is 4. The molecule has 0 aliphatic carbocycles. The molecule has 2 amide bonds. The molecule has 6 nitrogen and oxygen atoms in total. The Kier molecular flexibility index (Phi) is 8.94. The molecular formula is C24H36N2O4. The van der Waals surface area contributed by atoms with Gasteiger partial charge in [0.15, 0.2) is 11.6 Å². The SMILES string of the molecule is CNC(=O)CCC(=O)CNC(=O)CCC(=O)c1cc(C(C)(C)C)cc(C(C)(C)C)c1. The number of hydrogen-bond acceptors (Lipinski definition) is 4. The van der Waals surface area contributed by atoms with Crippen LogP contribution in [0.25, 0.3) is 0 Å². The molecule has 0 unspecified atom stereocenters. The number of rotatable bonds is 9. The predicted octanol–water partition coefficient (Wildman–Crippen LogP) is 3.46. The summed E-state index contributed by atoms with van der Waals surface area (Å²) < 4.78 is 0. The lowest BCUT2D eigenvalue weighted by Crippen LogP contribution is -2.30. The zero-order chi connectivity index (χ0) is 23.1. The van der Waals surface area contributed by atoms with E-state index in [9.17, 15) is 19.2 Å². The Morgan fingerprint density at radius 3 is 1.70 bits per heavy atom. The van der Waals surface area contributed by atoms with E-state index in [1.54, 1.807) is 0 Å². The Bertz CT molecular complexity index is 766. The van der Waals surface area contributed by atoms with Gasteiger partial charge in [-0.2, -0.15) is 0 Å². The number of amides is 2. The first-order valence-electron chi connectivity index (χ1n) is 10.4. The van der Waals surface area contributed by atoms with Crippen LogP contribution >= 0.6 is 0 Å². The van der Waals surface area contributed by atoms with E-state index < -0.39 is 0 Å². The molecule has 0 aliphatic heterocycles. The number of Topliss-reactive ketones (excluding diaryl/α,β-unsaturated/α-hetero) is 2. The van der Waals surface area contributed by atoms with Crippen LogP contribution in [0.3, 0.4) is 0 Å². The molecule has 0 saturated carbocycles. The lowest BCUT2D eigenvalue weighted by atomic mass is 9.79. The molecule has 0 saturated heterocycles. The fraction of sp³-hybridized carbons (Fsp3) is 0.583. The Balaban J connectivity index is 2.71. The van der Waals surface area contributed by atoms with Crippen LogP contribution in [-0.2, 0) is 25.2 Å². The van der Waals surface area contributed by atoms with Gasteiger partial charge in [-0.05, 0) is 34.1 Å². The summed E-state index contributed by atoms with van der Waals surface area (Å²) in [4.78, 5) is 47.7. The van der Waals surface area contributed by atoms with Crippen molar-refractivity contribution in [1.29, 1.82) is 0 Å². The molecule has 0 spiro atoms. The van der Waals surface area contributed by atoms with Gasteiger partial charge in [-0.15, -0.1) is 0 Å². The Labute approximate surface area is 180 Å². The van der Waals surface area contributed by atoms with E-state index in [1.165, 1.54) is 7.05 Å². The van der Waals surface area contributed by atoms with Gasteiger partial charge >= 0.3 is 0 Å². The predicted molar refractivity (Wildman–Crippen MR) is 119 cm³/mol. The van der Waals surface area contributed by atoms with Gasteiger partial charge < -0.3 is 10.6 Å². The van der Waals surface area contributed by atoms with Crippen LogP contribution in [0.4, 0.5) is 0 Å². The maximum atomic E-state index is 12.8. The molecule has 30 heavy (non-hydrogen) atoms. The molecule has 0 heterocycles. The monoisotopic (exact) mass is 416 g/mol. The lowest BCUT2D eigenvalue weighted by Gasteiger charge is -2.26. The van der Waals surface area contributed by atoms with Crippen LogP contribution in [-0.4, -0.2) is 37.0 Å². The second kappa shape index (κ2) is 10.5. The summed E-state index contributed by atoms with van der Waals surface area (Å²) >= 11 is 0. The maximum Gasteiger partial charge on any atom is 0.220 e. The average molecular weight is 417 g/mol. The Morgan fingerprint density at radius 1 is 0.733 bits per heavy atom. The number of benzene rings is 1. The summed E-state index contributed by atoms with van der Waals surface area (Å²) in [6.07, 6.45) is 0.277. The van der Waals surface area contributed by atoms with Gasteiger partial charge in [0.05, 0.1) is 6.54 Å². The van der Waals surface area contributed by atoms with Crippen molar-refractivity contribution < 1.29 is 19.2 Å². The highest BCUT2D eigenvalue weighted by Crippen LogP contribution is 2.30. The summed E-state index contributed by atoms with van der Waals surface area (Å²) in [7, 11) is 1.51. The van der Waals surface area contributed by atoms with Gasteiger partial charge in [0, 0.05) is 38.3 Å². The normalized spacial score (nSPS) is 11.7. The first-order valence-corrected chi connectivity index (χ1v) is 10.4. The van der Waals surface area contributed by atoms with Crippen molar-refractivity contribution >= 4 is 23.4 Å². The molecule has 6 heteroatoms. The van der Waals surface area contributed by atoms with Gasteiger partial charge in [0.1, 0.15) is 0 Å². The van der Waals surface area contributed by atoms with Gasteiger partial charge in [-0.1, -0.05) is 47.6 Å². The molecule has 0 aliphatic rings. The molecule has 0 radical (unpaired) electrons. The number of nitrogens with one attached hydrogen (secondary N) is 2. The van der Waals surface area contributed by atoms with Crippen molar-refractivity contribution in [2.24, 2.45) is 0 Å². The van der Waals surface area contributed by atoms with Gasteiger partial charge in [0.2, 0.25) is 11.8 Å². The highest BCUT2D eigenvalue weighted by molar-refractivity contribution is 5.98. The zero-order valence-corrected chi connectivity index (χ0v) is 19.4. The summed E-state index contributed by atoms with van der Waals surface area (Å²) in [6.45, 7) is 12.5. The second-order valence-corrected chi connectivity index (χ2v) is 9.71. The summed E-state index contributed by atoms with van der Waals surface area (Å²) in [5.41, 5.74) is 2.60. The van der Waals surface area contributed by atoms with E-state index >= 15 is 0 Å². The third-order valence-electron chi connectivity index (χ3n) is 4.96. The smallest absolute Gasteiger partial charge is 0.220 e. The van der Waals surface area contributed by atoms with E-state index in [-0.39, 0.29) is 66.4 Å². The number of ketones is 2. The minimum absolute atomic E-state index is 0.0200. The fourth-order valence-electron chi connectivity index (χ4n) is 2.78. The van der Waals surface area contributed by atoms with Crippen molar-refractivity contribution in [2.45, 2.75) is 78.1 Å². The molecular weight excluding hydrogens is 380 g/mol. The first kappa shape index (κ1) is 25.5. The van der Waals surface area contributed by atoms with Crippen molar-refractivity contribution in [3.8, 4) is 0 Å². The molecule has 1 aromatic carbocycles. The third kappa shape index (κ3) is 8.47. The van der Waals surface area contributed by atoms with E-state index in [0.717, 1.165) is 11.1 Å². The number of hydrogen-bond donors (Lipinski definition) is 2. The van der Waals surface area contributed by atoms with Crippen LogP contribution in [0.2, 0.25) is 0 Å². The quantitative estimate of drug-likeness (QED) is 0.603. The van der Waals surface area contributed by atoms with Gasteiger partial charge in [-0.3, -0.25) is 19.2 Å². The molecule has 1 rings (SSSR count). The summed E-state index contributed by atoms with van der Waals surface area (Å²) in [5, 5.41) is 4.97. The fourth-order valence-corrected chi connectivity index (χ4v) is 2.78. The zero-order valence-electron chi connectivity index (χ0n) is 19.4. The number of carbonyl (C=O) groups excluding carboxylic acids is 4. The minimum atomic E-state index is -0.348. The average Bonchev–Trinajstić information content (AvgIpc) is 2.66. The minimum Gasteiger partial charge on any atom is -0.359 e. The van der Waals surface area contributed by atoms with E-state index in [2.05, 4.69) is 58.2 Å². The topological polar surface area (TPSA) is 92.3 Å². The van der Waals surface area contributed by atoms with Crippen LogP contribution in [0, 0.1) is 0 Å². The Morgan fingerprint density at radius 2 is 1.23 bits per heavy atom. The van der Waals surface area contributed by atoms with Crippen LogP contribution < -0.4 is 10.6 Å².